The van der Waals surface area contributed by atoms with E-state index in [4.69, 9.17) is 21.1 Å². The van der Waals surface area contributed by atoms with Gasteiger partial charge in [-0.2, -0.15) is 0 Å². The number of carbonyl (C=O) groups is 2. The molecule has 1 saturated heterocycles. The van der Waals surface area contributed by atoms with Crippen LogP contribution in [0.15, 0.2) is 24.3 Å². The number of alkyl carbamates (subject to hydrolysis) is 1. The average molecular weight is 385 g/mol. The zero-order chi connectivity index (χ0) is 19.4. The lowest BCUT2D eigenvalue weighted by molar-refractivity contribution is -0.144. The van der Waals surface area contributed by atoms with E-state index < -0.39 is 23.2 Å². The third-order valence-electron chi connectivity index (χ3n) is 3.97. The quantitative estimate of drug-likeness (QED) is 0.784. The monoisotopic (exact) mass is 384 g/mol. The molecular weight excluding hydrogens is 360 g/mol. The number of rotatable bonds is 6. The van der Waals surface area contributed by atoms with Gasteiger partial charge in [0.05, 0.1) is 0 Å². The lowest BCUT2D eigenvalue weighted by Gasteiger charge is -2.28. The number of carbonyl (C=O) groups excluding carboxylic acids is 1. The number of hydrogen-bond acceptors (Lipinski definition) is 5. The van der Waals surface area contributed by atoms with Crippen LogP contribution in [-0.4, -0.2) is 59.5 Å². The van der Waals surface area contributed by atoms with E-state index in [9.17, 15) is 14.7 Å². The molecule has 1 atom stereocenters. The van der Waals surface area contributed by atoms with Crippen LogP contribution >= 0.6 is 11.6 Å². The first-order valence-corrected chi connectivity index (χ1v) is 8.83. The van der Waals surface area contributed by atoms with Gasteiger partial charge in [0.25, 0.3) is 0 Å². The summed E-state index contributed by atoms with van der Waals surface area (Å²) in [6.07, 6.45) is -0.421. The Morgan fingerprint density at radius 2 is 2.12 bits per heavy atom. The van der Waals surface area contributed by atoms with Crippen molar-refractivity contribution in [1.82, 2.24) is 10.2 Å². The number of carboxylic acid groups (broad SMARTS) is 1. The number of carboxylic acids is 1. The number of ether oxygens (including phenoxy) is 2. The topological polar surface area (TPSA) is 88.1 Å². The van der Waals surface area contributed by atoms with Crippen LogP contribution in [0.3, 0.4) is 0 Å². The van der Waals surface area contributed by atoms with Gasteiger partial charge in [0.15, 0.2) is 5.54 Å². The van der Waals surface area contributed by atoms with Gasteiger partial charge >= 0.3 is 12.1 Å². The number of benzene rings is 1. The number of hydrogen-bond donors (Lipinski definition) is 2. The summed E-state index contributed by atoms with van der Waals surface area (Å²) in [5.41, 5.74) is -2.04. The van der Waals surface area contributed by atoms with E-state index in [1.807, 2.05) is 11.0 Å². The van der Waals surface area contributed by atoms with E-state index in [0.717, 1.165) is 0 Å². The summed E-state index contributed by atoms with van der Waals surface area (Å²) in [7, 11) is 0. The molecule has 2 rings (SSSR count). The molecule has 1 amide bonds. The second kappa shape index (κ2) is 8.14. The Morgan fingerprint density at radius 1 is 1.38 bits per heavy atom. The van der Waals surface area contributed by atoms with Crippen molar-refractivity contribution in [3.63, 3.8) is 0 Å². The van der Waals surface area contributed by atoms with E-state index >= 15 is 0 Å². The van der Waals surface area contributed by atoms with Crippen LogP contribution in [-0.2, 0) is 9.53 Å². The maximum Gasteiger partial charge on any atom is 0.408 e. The zero-order valence-corrected chi connectivity index (χ0v) is 16.0. The Labute approximate surface area is 158 Å². The Balaban J connectivity index is 1.88. The number of amides is 1. The van der Waals surface area contributed by atoms with E-state index in [1.165, 1.54) is 0 Å². The molecule has 1 unspecified atom stereocenters. The molecule has 1 aliphatic rings. The number of likely N-dealkylation sites (tertiary alicyclic amines) is 1. The van der Waals surface area contributed by atoms with Gasteiger partial charge in [0.1, 0.15) is 18.0 Å². The molecule has 1 aromatic rings. The van der Waals surface area contributed by atoms with Crippen LogP contribution in [0.2, 0.25) is 5.02 Å². The third kappa shape index (κ3) is 5.78. The van der Waals surface area contributed by atoms with Crippen molar-refractivity contribution in [3.8, 4) is 5.75 Å². The molecule has 0 aliphatic carbocycles. The highest BCUT2D eigenvalue weighted by Crippen LogP contribution is 2.23. The number of halogens is 1. The minimum Gasteiger partial charge on any atom is -0.492 e. The van der Waals surface area contributed by atoms with E-state index in [0.29, 0.717) is 36.9 Å². The lowest BCUT2D eigenvalue weighted by Crippen LogP contribution is -2.57. The number of nitrogens with zero attached hydrogens (tertiary/aromatic N) is 1. The van der Waals surface area contributed by atoms with Gasteiger partial charge in [-0.3, -0.25) is 4.90 Å². The maximum atomic E-state index is 12.0. The van der Waals surface area contributed by atoms with Gasteiger partial charge in [0.2, 0.25) is 0 Å². The molecule has 0 spiro atoms. The number of nitrogens with one attached hydrogen (secondary N) is 1. The highest BCUT2D eigenvalue weighted by atomic mass is 35.5. The summed E-state index contributed by atoms with van der Waals surface area (Å²) in [6.45, 7) is 6.86. The SMILES string of the molecule is CC(C)(C)OC(=O)NC1(C(=O)O)CCN(CCOc2cccc(Cl)c2)C1. The highest BCUT2D eigenvalue weighted by molar-refractivity contribution is 6.30. The van der Waals surface area contributed by atoms with Crippen molar-refractivity contribution in [2.45, 2.75) is 38.3 Å². The van der Waals surface area contributed by atoms with Crippen molar-refractivity contribution in [3.05, 3.63) is 29.3 Å². The molecular formula is C18H25ClN2O5. The maximum absolute atomic E-state index is 12.0. The van der Waals surface area contributed by atoms with Gasteiger partial charge in [-0.1, -0.05) is 17.7 Å². The van der Waals surface area contributed by atoms with Crippen LogP contribution in [0.4, 0.5) is 4.79 Å². The first kappa shape index (κ1) is 20.3. The van der Waals surface area contributed by atoms with Crippen LogP contribution in [0, 0.1) is 0 Å². The molecule has 1 aliphatic heterocycles. The Hall–Kier alpha value is -1.99. The highest BCUT2D eigenvalue weighted by Gasteiger charge is 2.46. The summed E-state index contributed by atoms with van der Waals surface area (Å²) >= 11 is 5.91. The fraction of sp³-hybridized carbons (Fsp3) is 0.556. The molecule has 0 bridgehead atoms. The molecule has 1 aromatic carbocycles. The minimum absolute atomic E-state index is 0.195. The fourth-order valence-corrected chi connectivity index (χ4v) is 2.94. The predicted molar refractivity (Wildman–Crippen MR) is 97.7 cm³/mol. The van der Waals surface area contributed by atoms with E-state index in [1.54, 1.807) is 39.0 Å². The van der Waals surface area contributed by atoms with Crippen molar-refractivity contribution in [2.24, 2.45) is 0 Å². The minimum atomic E-state index is -1.35. The molecule has 26 heavy (non-hydrogen) atoms. The molecule has 2 N–H and O–H groups in total. The normalized spacial score (nSPS) is 20.6. The first-order valence-electron chi connectivity index (χ1n) is 8.45. The van der Waals surface area contributed by atoms with Crippen LogP contribution in [0.1, 0.15) is 27.2 Å². The molecule has 0 aromatic heterocycles. The zero-order valence-electron chi connectivity index (χ0n) is 15.3. The first-order chi connectivity index (χ1) is 12.1. The second-order valence-corrected chi connectivity index (χ2v) is 7.78. The predicted octanol–water partition coefficient (Wildman–Crippen LogP) is 2.77. The fourth-order valence-electron chi connectivity index (χ4n) is 2.76. The Morgan fingerprint density at radius 3 is 2.73 bits per heavy atom. The van der Waals surface area contributed by atoms with Crippen molar-refractivity contribution >= 4 is 23.7 Å². The molecule has 1 heterocycles. The van der Waals surface area contributed by atoms with Gasteiger partial charge in [0, 0.05) is 24.7 Å². The molecule has 8 heteroatoms. The smallest absolute Gasteiger partial charge is 0.408 e. The molecule has 1 fully saturated rings. The Kier molecular flexibility index (Phi) is 6.36. The summed E-state index contributed by atoms with van der Waals surface area (Å²) in [6, 6.07) is 7.09. The van der Waals surface area contributed by atoms with Crippen molar-refractivity contribution in [2.75, 3.05) is 26.2 Å². The number of aliphatic carboxylic acids is 1. The second-order valence-electron chi connectivity index (χ2n) is 7.35. The molecule has 144 valence electrons. The van der Waals surface area contributed by atoms with E-state index in [-0.39, 0.29) is 6.54 Å². The summed E-state index contributed by atoms with van der Waals surface area (Å²) in [5, 5.41) is 12.7. The van der Waals surface area contributed by atoms with Crippen LogP contribution < -0.4 is 10.1 Å². The van der Waals surface area contributed by atoms with E-state index in [2.05, 4.69) is 5.32 Å². The summed E-state index contributed by atoms with van der Waals surface area (Å²) in [4.78, 5) is 25.7. The lowest BCUT2D eigenvalue weighted by atomic mass is 9.99. The van der Waals surface area contributed by atoms with Crippen molar-refractivity contribution < 1.29 is 24.2 Å². The van der Waals surface area contributed by atoms with Crippen LogP contribution in [0.5, 0.6) is 5.75 Å². The standard InChI is InChI=1S/C18H25ClN2O5/c1-17(2,3)26-16(24)20-18(15(22)23)7-8-21(12-18)9-10-25-14-6-4-5-13(19)11-14/h4-6,11H,7-10,12H2,1-3H3,(H,20,24)(H,22,23). The molecule has 7 nitrogen and oxygen atoms in total. The third-order valence-corrected chi connectivity index (χ3v) is 4.21. The summed E-state index contributed by atoms with van der Waals surface area (Å²) in [5.74, 6) is -0.408. The van der Waals surface area contributed by atoms with Gasteiger partial charge in [-0.25, -0.2) is 9.59 Å². The van der Waals surface area contributed by atoms with Gasteiger partial charge in [-0.05, 0) is 45.4 Å². The van der Waals surface area contributed by atoms with Gasteiger partial charge in [-0.15, -0.1) is 0 Å². The van der Waals surface area contributed by atoms with Crippen molar-refractivity contribution in [1.29, 1.82) is 0 Å². The molecule has 0 saturated carbocycles. The van der Waals surface area contributed by atoms with Gasteiger partial charge < -0.3 is 19.9 Å². The molecule has 0 radical (unpaired) electrons. The average Bonchev–Trinajstić information content (AvgIpc) is 2.90. The van der Waals surface area contributed by atoms with Crippen LogP contribution in [0.25, 0.3) is 0 Å². The Bertz CT molecular complexity index is 661. The summed E-state index contributed by atoms with van der Waals surface area (Å²) < 4.78 is 10.8. The largest absolute Gasteiger partial charge is 0.492 e.